The van der Waals surface area contributed by atoms with Crippen LogP contribution in [-0.4, -0.2) is 28.0 Å². The molecule has 0 radical (unpaired) electrons. The van der Waals surface area contributed by atoms with Gasteiger partial charge in [-0.3, -0.25) is 9.67 Å². The van der Waals surface area contributed by atoms with Gasteiger partial charge >= 0.3 is 0 Å². The zero-order chi connectivity index (χ0) is 9.47. The van der Waals surface area contributed by atoms with Crippen molar-refractivity contribution in [2.75, 3.05) is 13.2 Å². The Bertz CT molecular complexity index is 362. The van der Waals surface area contributed by atoms with Crippen LogP contribution in [0.5, 0.6) is 0 Å². The number of H-pyrrole nitrogens is 1. The fourth-order valence-corrected chi connectivity index (χ4v) is 2.24. The summed E-state index contributed by atoms with van der Waals surface area (Å²) in [5.41, 5.74) is -0.00579. The summed E-state index contributed by atoms with van der Waals surface area (Å²) in [6, 6.07) is 0. The van der Waals surface area contributed by atoms with E-state index >= 15 is 0 Å². The fourth-order valence-electron chi connectivity index (χ4n) is 1.84. The molecule has 1 aliphatic heterocycles. The Morgan fingerprint density at radius 3 is 2.92 bits per heavy atom. The van der Waals surface area contributed by atoms with Crippen molar-refractivity contribution in [3.05, 3.63) is 10.6 Å². The van der Waals surface area contributed by atoms with Gasteiger partial charge in [0.25, 0.3) is 0 Å². The molecule has 0 aromatic carbocycles. The second kappa shape index (κ2) is 2.92. The first-order valence-electron chi connectivity index (χ1n) is 4.36. The average Bonchev–Trinajstić information content (AvgIpc) is 2.60. The van der Waals surface area contributed by atoms with E-state index in [0.29, 0.717) is 4.77 Å². The summed E-state index contributed by atoms with van der Waals surface area (Å²) in [6.45, 7) is 5.64. The highest BCUT2D eigenvalue weighted by Gasteiger charge is 2.33. The minimum Gasteiger partial charge on any atom is -0.379 e. The van der Waals surface area contributed by atoms with Gasteiger partial charge in [-0.25, -0.2) is 0 Å². The Labute approximate surface area is 81.9 Å². The van der Waals surface area contributed by atoms with Crippen molar-refractivity contribution in [3.63, 3.8) is 0 Å². The average molecular weight is 199 g/mol. The third-order valence-electron chi connectivity index (χ3n) is 2.58. The number of hydrogen-bond donors (Lipinski definition) is 1. The van der Waals surface area contributed by atoms with Crippen molar-refractivity contribution in [1.29, 1.82) is 0 Å². The SMILES string of the molecule is Cc1n[nH]c(=S)n1C1(C)CCOC1. The van der Waals surface area contributed by atoms with E-state index in [1.807, 2.05) is 6.92 Å². The fraction of sp³-hybridized carbons (Fsp3) is 0.750. The third-order valence-corrected chi connectivity index (χ3v) is 2.85. The summed E-state index contributed by atoms with van der Waals surface area (Å²) in [5, 5.41) is 6.90. The monoisotopic (exact) mass is 199 g/mol. The summed E-state index contributed by atoms with van der Waals surface area (Å²) in [6.07, 6.45) is 1.00. The van der Waals surface area contributed by atoms with Crippen LogP contribution < -0.4 is 0 Å². The molecular weight excluding hydrogens is 186 g/mol. The molecule has 0 saturated carbocycles. The lowest BCUT2D eigenvalue weighted by atomic mass is 10.0. The zero-order valence-electron chi connectivity index (χ0n) is 7.83. The molecule has 1 fully saturated rings. The van der Waals surface area contributed by atoms with Gasteiger partial charge in [0.05, 0.1) is 12.1 Å². The molecule has 2 heterocycles. The Balaban J connectivity index is 2.49. The molecule has 0 spiro atoms. The van der Waals surface area contributed by atoms with Crippen molar-refractivity contribution in [3.8, 4) is 0 Å². The maximum absolute atomic E-state index is 5.39. The van der Waals surface area contributed by atoms with Gasteiger partial charge in [-0.2, -0.15) is 5.10 Å². The highest BCUT2D eigenvalue weighted by Crippen LogP contribution is 2.27. The van der Waals surface area contributed by atoms with E-state index in [1.54, 1.807) is 0 Å². The molecule has 2 rings (SSSR count). The number of aryl methyl sites for hydroxylation is 1. The lowest BCUT2D eigenvalue weighted by Gasteiger charge is -2.24. The minimum atomic E-state index is -0.00579. The Morgan fingerprint density at radius 1 is 1.69 bits per heavy atom. The van der Waals surface area contributed by atoms with Gasteiger partial charge in [-0.05, 0) is 32.5 Å². The van der Waals surface area contributed by atoms with Gasteiger partial charge in [0.2, 0.25) is 0 Å². The molecular formula is C8H13N3OS. The van der Waals surface area contributed by atoms with Gasteiger partial charge < -0.3 is 4.74 Å². The lowest BCUT2D eigenvalue weighted by Crippen LogP contribution is -2.31. The van der Waals surface area contributed by atoms with E-state index < -0.39 is 0 Å². The van der Waals surface area contributed by atoms with E-state index in [9.17, 15) is 0 Å². The topological polar surface area (TPSA) is 42.8 Å². The Hall–Kier alpha value is -0.680. The van der Waals surface area contributed by atoms with Crippen LogP contribution in [0.25, 0.3) is 0 Å². The lowest BCUT2D eigenvalue weighted by molar-refractivity contribution is 0.160. The van der Waals surface area contributed by atoms with E-state index in [2.05, 4.69) is 21.7 Å². The van der Waals surface area contributed by atoms with Crippen LogP contribution >= 0.6 is 12.2 Å². The largest absolute Gasteiger partial charge is 0.379 e. The van der Waals surface area contributed by atoms with Crippen molar-refractivity contribution < 1.29 is 4.74 Å². The number of nitrogens with one attached hydrogen (secondary N) is 1. The predicted molar refractivity (Wildman–Crippen MR) is 51.2 cm³/mol. The summed E-state index contributed by atoms with van der Waals surface area (Å²) in [5.74, 6) is 0.929. The molecule has 1 saturated heterocycles. The number of rotatable bonds is 1. The molecule has 0 bridgehead atoms. The summed E-state index contributed by atoms with van der Waals surface area (Å²) in [7, 11) is 0. The number of hydrogen-bond acceptors (Lipinski definition) is 3. The van der Waals surface area contributed by atoms with Crippen molar-refractivity contribution in [2.45, 2.75) is 25.8 Å². The molecule has 1 aliphatic rings. The van der Waals surface area contributed by atoms with Gasteiger partial charge in [-0.1, -0.05) is 0 Å². The first-order valence-corrected chi connectivity index (χ1v) is 4.76. The Morgan fingerprint density at radius 2 is 2.46 bits per heavy atom. The minimum absolute atomic E-state index is 0.00579. The summed E-state index contributed by atoms with van der Waals surface area (Å²) in [4.78, 5) is 0. The van der Waals surface area contributed by atoms with Crippen LogP contribution in [0, 0.1) is 11.7 Å². The highest BCUT2D eigenvalue weighted by atomic mass is 32.1. The highest BCUT2D eigenvalue weighted by molar-refractivity contribution is 7.71. The van der Waals surface area contributed by atoms with Crippen LogP contribution in [0.3, 0.4) is 0 Å². The predicted octanol–water partition coefficient (Wildman–Crippen LogP) is 1.38. The van der Waals surface area contributed by atoms with Crippen LogP contribution in [0.15, 0.2) is 0 Å². The molecule has 0 amide bonds. The van der Waals surface area contributed by atoms with E-state index in [-0.39, 0.29) is 5.54 Å². The quantitative estimate of drug-likeness (QED) is 0.695. The van der Waals surface area contributed by atoms with Crippen molar-refractivity contribution in [2.24, 2.45) is 0 Å². The molecule has 1 aromatic heterocycles. The molecule has 1 N–H and O–H groups in total. The maximum atomic E-state index is 5.39. The zero-order valence-corrected chi connectivity index (χ0v) is 8.65. The van der Waals surface area contributed by atoms with E-state index in [1.165, 1.54) is 0 Å². The molecule has 1 atom stereocenters. The first kappa shape index (κ1) is 8.90. The first-order chi connectivity index (χ1) is 6.13. The van der Waals surface area contributed by atoms with Gasteiger partial charge in [0.15, 0.2) is 4.77 Å². The standard InChI is InChI=1S/C8H13N3OS/c1-6-9-10-7(13)11(6)8(2)3-4-12-5-8/h3-5H2,1-2H3,(H,10,13). The number of nitrogens with zero attached hydrogens (tertiary/aromatic N) is 2. The van der Waals surface area contributed by atoms with Gasteiger partial charge in [0.1, 0.15) is 5.82 Å². The molecule has 0 aliphatic carbocycles. The van der Waals surface area contributed by atoms with Gasteiger partial charge in [-0.15, -0.1) is 0 Å². The number of aromatic amines is 1. The molecule has 5 heteroatoms. The van der Waals surface area contributed by atoms with Gasteiger partial charge in [0, 0.05) is 6.61 Å². The number of ether oxygens (including phenoxy) is 1. The van der Waals surface area contributed by atoms with Crippen LogP contribution in [0.1, 0.15) is 19.2 Å². The third kappa shape index (κ3) is 1.32. The van der Waals surface area contributed by atoms with Crippen LogP contribution in [0.2, 0.25) is 0 Å². The molecule has 72 valence electrons. The molecule has 1 unspecified atom stereocenters. The summed E-state index contributed by atoms with van der Waals surface area (Å²) >= 11 is 5.17. The van der Waals surface area contributed by atoms with Crippen LogP contribution in [0.4, 0.5) is 0 Å². The van der Waals surface area contributed by atoms with Crippen molar-refractivity contribution in [1.82, 2.24) is 14.8 Å². The normalized spacial score (nSPS) is 28.2. The van der Waals surface area contributed by atoms with E-state index in [4.69, 9.17) is 17.0 Å². The van der Waals surface area contributed by atoms with Crippen LogP contribution in [-0.2, 0) is 10.3 Å². The molecule has 1 aromatic rings. The maximum Gasteiger partial charge on any atom is 0.195 e. The number of aromatic nitrogens is 3. The smallest absolute Gasteiger partial charge is 0.195 e. The second-order valence-corrected chi connectivity index (χ2v) is 4.10. The molecule has 4 nitrogen and oxygen atoms in total. The van der Waals surface area contributed by atoms with Crippen molar-refractivity contribution >= 4 is 12.2 Å². The summed E-state index contributed by atoms with van der Waals surface area (Å²) < 4.78 is 8.12. The van der Waals surface area contributed by atoms with E-state index in [0.717, 1.165) is 25.5 Å². The molecule has 13 heavy (non-hydrogen) atoms. The second-order valence-electron chi connectivity index (χ2n) is 3.71. The Kier molecular flexibility index (Phi) is 2.00.